The Labute approximate surface area is 154 Å². The van der Waals surface area contributed by atoms with Gasteiger partial charge in [-0.15, -0.1) is 0 Å². The Hall–Kier alpha value is -2.53. The highest BCUT2D eigenvalue weighted by atomic mass is 16.5. The van der Waals surface area contributed by atoms with E-state index in [9.17, 15) is 4.79 Å². The van der Waals surface area contributed by atoms with E-state index in [-0.39, 0.29) is 5.91 Å². The van der Waals surface area contributed by atoms with Crippen molar-refractivity contribution < 1.29 is 14.3 Å². The van der Waals surface area contributed by atoms with Gasteiger partial charge in [0, 0.05) is 24.5 Å². The third kappa shape index (κ3) is 5.23. The highest BCUT2D eigenvalue weighted by Gasteiger charge is 2.11. The van der Waals surface area contributed by atoms with Crippen LogP contribution in [0.3, 0.4) is 0 Å². The number of carbonyl (C=O) groups is 1. The average Bonchev–Trinajstić information content (AvgIpc) is 2.70. The zero-order valence-corrected chi connectivity index (χ0v) is 15.2. The van der Waals surface area contributed by atoms with Gasteiger partial charge in [-0.05, 0) is 48.4 Å². The second-order valence-electron chi connectivity index (χ2n) is 6.29. The Balaban J connectivity index is 1.42. The number of rotatable bonds is 7. The van der Waals surface area contributed by atoms with Crippen molar-refractivity contribution in [1.82, 2.24) is 0 Å². The molecule has 1 fully saturated rings. The van der Waals surface area contributed by atoms with Crippen molar-refractivity contribution in [2.75, 3.05) is 43.1 Å². The lowest BCUT2D eigenvalue weighted by atomic mass is 10.2. The zero-order valence-electron chi connectivity index (χ0n) is 15.2. The van der Waals surface area contributed by atoms with Crippen molar-refractivity contribution in [2.24, 2.45) is 0 Å². The van der Waals surface area contributed by atoms with E-state index in [4.69, 9.17) is 9.47 Å². The zero-order chi connectivity index (χ0) is 18.2. The topological polar surface area (TPSA) is 50.8 Å². The molecule has 0 unspecified atom stereocenters. The molecular formula is C21H26N2O3. The summed E-state index contributed by atoms with van der Waals surface area (Å²) in [6.07, 6.45) is 1.33. The summed E-state index contributed by atoms with van der Waals surface area (Å²) in [7, 11) is 0. The van der Waals surface area contributed by atoms with Crippen LogP contribution in [0.2, 0.25) is 0 Å². The molecule has 5 nitrogen and oxygen atoms in total. The quantitative estimate of drug-likeness (QED) is 0.827. The molecule has 26 heavy (non-hydrogen) atoms. The maximum Gasteiger partial charge on any atom is 0.227 e. The molecule has 0 radical (unpaired) electrons. The van der Waals surface area contributed by atoms with Crippen LogP contribution < -0.4 is 15.0 Å². The standard InChI is InChI=1S/C21H26N2O3/c1-2-17-3-9-20(10-4-17)26-14-11-21(24)22-18-5-7-19(8-6-18)23-12-15-25-16-13-23/h3-10H,2,11-16H2,1H3,(H,22,24). The van der Waals surface area contributed by atoms with Gasteiger partial charge in [-0.1, -0.05) is 19.1 Å². The fraction of sp³-hybridized carbons (Fsp3) is 0.381. The van der Waals surface area contributed by atoms with E-state index in [1.54, 1.807) is 0 Å². The highest BCUT2D eigenvalue weighted by molar-refractivity contribution is 5.90. The van der Waals surface area contributed by atoms with Crippen molar-refractivity contribution in [1.29, 1.82) is 0 Å². The first-order chi connectivity index (χ1) is 12.7. The summed E-state index contributed by atoms with van der Waals surface area (Å²) in [5.74, 6) is 0.749. The van der Waals surface area contributed by atoms with E-state index in [1.165, 1.54) is 5.56 Å². The van der Waals surface area contributed by atoms with Gasteiger partial charge in [-0.3, -0.25) is 4.79 Å². The molecular weight excluding hydrogens is 328 g/mol. The van der Waals surface area contributed by atoms with E-state index >= 15 is 0 Å². The van der Waals surface area contributed by atoms with Gasteiger partial charge in [0.25, 0.3) is 0 Å². The van der Waals surface area contributed by atoms with E-state index in [1.807, 2.05) is 48.5 Å². The Morgan fingerprint density at radius 2 is 1.77 bits per heavy atom. The Kier molecular flexibility index (Phi) is 6.50. The molecule has 138 valence electrons. The molecule has 1 heterocycles. The molecule has 0 aromatic heterocycles. The van der Waals surface area contributed by atoms with Crippen molar-refractivity contribution in [3.05, 3.63) is 54.1 Å². The molecule has 5 heteroatoms. The normalized spacial score (nSPS) is 14.1. The summed E-state index contributed by atoms with van der Waals surface area (Å²) in [4.78, 5) is 14.4. The van der Waals surface area contributed by atoms with Gasteiger partial charge in [0.2, 0.25) is 5.91 Å². The minimum Gasteiger partial charge on any atom is -0.493 e. The van der Waals surface area contributed by atoms with Crippen molar-refractivity contribution >= 4 is 17.3 Å². The predicted molar refractivity (Wildman–Crippen MR) is 104 cm³/mol. The molecule has 3 rings (SSSR count). The second-order valence-corrected chi connectivity index (χ2v) is 6.29. The Morgan fingerprint density at radius 1 is 1.08 bits per heavy atom. The monoisotopic (exact) mass is 354 g/mol. The van der Waals surface area contributed by atoms with Gasteiger partial charge in [0.15, 0.2) is 0 Å². The maximum atomic E-state index is 12.1. The van der Waals surface area contributed by atoms with Gasteiger partial charge in [0.05, 0.1) is 26.2 Å². The van der Waals surface area contributed by atoms with Gasteiger partial charge < -0.3 is 19.7 Å². The fourth-order valence-electron chi connectivity index (χ4n) is 2.88. The van der Waals surface area contributed by atoms with Crippen LogP contribution in [-0.4, -0.2) is 38.8 Å². The molecule has 1 aliphatic rings. The van der Waals surface area contributed by atoms with Gasteiger partial charge in [-0.2, -0.15) is 0 Å². The predicted octanol–water partition coefficient (Wildman–Crippen LogP) is 3.49. The van der Waals surface area contributed by atoms with Crippen LogP contribution in [0.25, 0.3) is 0 Å². The fourth-order valence-corrected chi connectivity index (χ4v) is 2.88. The SMILES string of the molecule is CCc1ccc(OCCC(=O)Nc2ccc(N3CCOCC3)cc2)cc1. The molecule has 1 saturated heterocycles. The van der Waals surface area contributed by atoms with Crippen LogP contribution in [0.15, 0.2) is 48.5 Å². The summed E-state index contributed by atoms with van der Waals surface area (Å²) < 4.78 is 11.0. The number of nitrogens with zero attached hydrogens (tertiary/aromatic N) is 1. The number of ether oxygens (including phenoxy) is 2. The molecule has 1 aliphatic heterocycles. The maximum absolute atomic E-state index is 12.1. The largest absolute Gasteiger partial charge is 0.493 e. The molecule has 0 saturated carbocycles. The summed E-state index contributed by atoms with van der Waals surface area (Å²) in [5, 5.41) is 2.91. The number of hydrogen-bond donors (Lipinski definition) is 1. The Bertz CT molecular complexity index is 692. The first-order valence-electron chi connectivity index (χ1n) is 9.19. The van der Waals surface area contributed by atoms with Gasteiger partial charge in [0.1, 0.15) is 5.75 Å². The number of anilines is 2. The summed E-state index contributed by atoms with van der Waals surface area (Å²) >= 11 is 0. The van der Waals surface area contributed by atoms with Crippen LogP contribution >= 0.6 is 0 Å². The second kappa shape index (κ2) is 9.25. The smallest absolute Gasteiger partial charge is 0.227 e. The highest BCUT2D eigenvalue weighted by Crippen LogP contribution is 2.19. The van der Waals surface area contributed by atoms with E-state index < -0.39 is 0 Å². The number of aryl methyl sites for hydroxylation is 1. The van der Waals surface area contributed by atoms with Crippen molar-refractivity contribution in [3.63, 3.8) is 0 Å². The number of nitrogens with one attached hydrogen (secondary N) is 1. The number of hydrogen-bond acceptors (Lipinski definition) is 4. The first kappa shape index (κ1) is 18.3. The molecule has 0 aliphatic carbocycles. The summed E-state index contributed by atoms with van der Waals surface area (Å²) in [6, 6.07) is 15.9. The third-order valence-corrected chi connectivity index (χ3v) is 4.46. The van der Waals surface area contributed by atoms with Crippen LogP contribution in [0.4, 0.5) is 11.4 Å². The lowest BCUT2D eigenvalue weighted by Crippen LogP contribution is -2.36. The van der Waals surface area contributed by atoms with Crippen LogP contribution in [0.1, 0.15) is 18.9 Å². The van der Waals surface area contributed by atoms with Gasteiger partial charge >= 0.3 is 0 Å². The van der Waals surface area contributed by atoms with E-state index in [2.05, 4.69) is 17.1 Å². The van der Waals surface area contributed by atoms with Gasteiger partial charge in [-0.25, -0.2) is 0 Å². The number of morpholine rings is 1. The van der Waals surface area contributed by atoms with E-state index in [0.717, 1.165) is 49.8 Å². The van der Waals surface area contributed by atoms with E-state index in [0.29, 0.717) is 13.0 Å². The van der Waals surface area contributed by atoms with Crippen molar-refractivity contribution in [2.45, 2.75) is 19.8 Å². The molecule has 0 atom stereocenters. The molecule has 1 amide bonds. The number of benzene rings is 2. The van der Waals surface area contributed by atoms with Crippen LogP contribution in [0.5, 0.6) is 5.75 Å². The Morgan fingerprint density at radius 3 is 2.42 bits per heavy atom. The number of carbonyl (C=O) groups excluding carboxylic acids is 1. The van der Waals surface area contributed by atoms with Crippen LogP contribution in [0, 0.1) is 0 Å². The molecule has 0 spiro atoms. The molecule has 2 aromatic carbocycles. The first-order valence-corrected chi connectivity index (χ1v) is 9.19. The average molecular weight is 354 g/mol. The molecule has 0 bridgehead atoms. The summed E-state index contributed by atoms with van der Waals surface area (Å²) in [6.45, 7) is 5.82. The summed E-state index contributed by atoms with van der Waals surface area (Å²) in [5.41, 5.74) is 3.24. The lowest BCUT2D eigenvalue weighted by Gasteiger charge is -2.28. The molecule has 2 aromatic rings. The van der Waals surface area contributed by atoms with Crippen LogP contribution in [-0.2, 0) is 16.0 Å². The minimum atomic E-state index is -0.0469. The third-order valence-electron chi connectivity index (χ3n) is 4.46. The van der Waals surface area contributed by atoms with Crippen molar-refractivity contribution in [3.8, 4) is 5.75 Å². The number of amides is 1. The minimum absolute atomic E-state index is 0.0469. The lowest BCUT2D eigenvalue weighted by molar-refractivity contribution is -0.116. The molecule has 1 N–H and O–H groups in total.